The highest BCUT2D eigenvalue weighted by Crippen LogP contribution is 2.10. The van der Waals surface area contributed by atoms with Gasteiger partial charge in [-0.05, 0) is 12.3 Å². The summed E-state index contributed by atoms with van der Waals surface area (Å²) in [5, 5.41) is 9.58. The summed E-state index contributed by atoms with van der Waals surface area (Å²) >= 11 is 0. The molecule has 0 aromatic heterocycles. The first kappa shape index (κ1) is 12.9. The second-order valence-electron chi connectivity index (χ2n) is 3.40. The number of ether oxygens (including phenoxy) is 2. The standard InChI is InChI=1S/C10H22O3/c1-4-5-9(2)10(11)8-13-7-6-12-3/h9-11H,4-8H2,1-3H3. The predicted octanol–water partition coefficient (Wildman–Crippen LogP) is 1.45. The molecule has 0 amide bonds. The van der Waals surface area contributed by atoms with Gasteiger partial charge in [0.05, 0.1) is 25.9 Å². The van der Waals surface area contributed by atoms with Crippen LogP contribution in [0.2, 0.25) is 0 Å². The van der Waals surface area contributed by atoms with Crippen molar-refractivity contribution < 1.29 is 14.6 Å². The van der Waals surface area contributed by atoms with Crippen LogP contribution in [0.25, 0.3) is 0 Å². The highest BCUT2D eigenvalue weighted by atomic mass is 16.5. The molecular weight excluding hydrogens is 168 g/mol. The molecule has 13 heavy (non-hydrogen) atoms. The van der Waals surface area contributed by atoms with E-state index in [1.165, 1.54) is 0 Å². The van der Waals surface area contributed by atoms with E-state index < -0.39 is 0 Å². The zero-order chi connectivity index (χ0) is 10.1. The van der Waals surface area contributed by atoms with Gasteiger partial charge in [-0.25, -0.2) is 0 Å². The van der Waals surface area contributed by atoms with Gasteiger partial charge in [-0.1, -0.05) is 20.3 Å². The maximum Gasteiger partial charge on any atom is 0.0799 e. The minimum atomic E-state index is -0.336. The molecule has 3 heteroatoms. The van der Waals surface area contributed by atoms with Crippen LogP contribution in [-0.4, -0.2) is 38.1 Å². The van der Waals surface area contributed by atoms with Crippen LogP contribution in [0.5, 0.6) is 0 Å². The summed E-state index contributed by atoms with van der Waals surface area (Å²) < 4.78 is 10.1. The number of hydrogen-bond donors (Lipinski definition) is 1. The normalized spacial score (nSPS) is 15.7. The molecule has 2 atom stereocenters. The molecular formula is C10H22O3. The molecule has 0 rings (SSSR count). The van der Waals surface area contributed by atoms with Crippen LogP contribution >= 0.6 is 0 Å². The summed E-state index contributed by atoms with van der Waals surface area (Å²) in [6.07, 6.45) is 1.82. The molecule has 0 aromatic rings. The molecule has 2 unspecified atom stereocenters. The van der Waals surface area contributed by atoms with Gasteiger partial charge in [0.25, 0.3) is 0 Å². The third-order valence-electron chi connectivity index (χ3n) is 2.12. The Labute approximate surface area is 81.0 Å². The second kappa shape index (κ2) is 8.48. The lowest BCUT2D eigenvalue weighted by atomic mass is 10.0. The fourth-order valence-electron chi connectivity index (χ4n) is 1.16. The van der Waals surface area contributed by atoms with Crippen molar-refractivity contribution in [2.45, 2.75) is 32.8 Å². The molecule has 3 nitrogen and oxygen atoms in total. The Balaban J connectivity index is 3.32. The van der Waals surface area contributed by atoms with Crippen molar-refractivity contribution in [3.8, 4) is 0 Å². The first-order valence-electron chi connectivity index (χ1n) is 4.97. The minimum absolute atomic E-state index is 0.326. The highest BCUT2D eigenvalue weighted by Gasteiger charge is 2.12. The van der Waals surface area contributed by atoms with E-state index in [0.29, 0.717) is 25.7 Å². The van der Waals surface area contributed by atoms with E-state index in [1.807, 2.05) is 6.92 Å². The molecule has 0 aromatic carbocycles. The van der Waals surface area contributed by atoms with Crippen molar-refractivity contribution in [3.05, 3.63) is 0 Å². The predicted molar refractivity (Wildman–Crippen MR) is 52.8 cm³/mol. The van der Waals surface area contributed by atoms with Crippen LogP contribution in [0.15, 0.2) is 0 Å². The Hall–Kier alpha value is -0.120. The highest BCUT2D eigenvalue weighted by molar-refractivity contribution is 4.62. The lowest BCUT2D eigenvalue weighted by molar-refractivity contribution is -0.00901. The smallest absolute Gasteiger partial charge is 0.0799 e. The largest absolute Gasteiger partial charge is 0.390 e. The Morgan fingerprint density at radius 1 is 1.31 bits per heavy atom. The summed E-state index contributed by atoms with van der Waals surface area (Å²) in [6, 6.07) is 0. The topological polar surface area (TPSA) is 38.7 Å². The van der Waals surface area contributed by atoms with Gasteiger partial charge in [0.1, 0.15) is 0 Å². The van der Waals surface area contributed by atoms with Gasteiger partial charge in [-0.3, -0.25) is 0 Å². The summed E-state index contributed by atoms with van der Waals surface area (Å²) in [6.45, 7) is 5.74. The van der Waals surface area contributed by atoms with Crippen molar-refractivity contribution >= 4 is 0 Å². The van der Waals surface area contributed by atoms with E-state index in [2.05, 4.69) is 6.92 Å². The Bertz CT molecular complexity index is 106. The summed E-state index contributed by atoms with van der Waals surface area (Å²) in [5.74, 6) is 0.326. The number of hydrogen-bond acceptors (Lipinski definition) is 3. The Kier molecular flexibility index (Phi) is 8.40. The second-order valence-corrected chi connectivity index (χ2v) is 3.40. The maximum absolute atomic E-state index is 9.58. The van der Waals surface area contributed by atoms with Crippen molar-refractivity contribution in [2.24, 2.45) is 5.92 Å². The van der Waals surface area contributed by atoms with Gasteiger partial charge in [-0.15, -0.1) is 0 Å². The van der Waals surface area contributed by atoms with E-state index in [4.69, 9.17) is 9.47 Å². The van der Waals surface area contributed by atoms with Gasteiger partial charge < -0.3 is 14.6 Å². The van der Waals surface area contributed by atoms with Crippen LogP contribution < -0.4 is 0 Å². The SMILES string of the molecule is CCCC(C)C(O)COCCOC. The van der Waals surface area contributed by atoms with Crippen LogP contribution in [0.3, 0.4) is 0 Å². The summed E-state index contributed by atoms with van der Waals surface area (Å²) in [5.41, 5.74) is 0. The van der Waals surface area contributed by atoms with E-state index in [0.717, 1.165) is 12.8 Å². The number of methoxy groups -OCH3 is 1. The lowest BCUT2D eigenvalue weighted by Crippen LogP contribution is -2.24. The third-order valence-corrected chi connectivity index (χ3v) is 2.12. The molecule has 0 saturated heterocycles. The van der Waals surface area contributed by atoms with Crippen LogP contribution in [0.1, 0.15) is 26.7 Å². The zero-order valence-electron chi connectivity index (χ0n) is 8.95. The average molecular weight is 190 g/mol. The van der Waals surface area contributed by atoms with Gasteiger partial charge in [0, 0.05) is 7.11 Å². The van der Waals surface area contributed by atoms with Crippen molar-refractivity contribution in [3.63, 3.8) is 0 Å². The maximum atomic E-state index is 9.58. The van der Waals surface area contributed by atoms with Crippen LogP contribution in [0.4, 0.5) is 0 Å². The monoisotopic (exact) mass is 190 g/mol. The molecule has 0 radical (unpaired) electrons. The van der Waals surface area contributed by atoms with Gasteiger partial charge >= 0.3 is 0 Å². The number of rotatable bonds is 8. The average Bonchev–Trinajstić information content (AvgIpc) is 2.12. The molecule has 1 N–H and O–H groups in total. The van der Waals surface area contributed by atoms with E-state index in [1.54, 1.807) is 7.11 Å². The first-order valence-corrected chi connectivity index (χ1v) is 4.97. The van der Waals surface area contributed by atoms with Gasteiger partial charge in [0.2, 0.25) is 0 Å². The molecule has 0 heterocycles. The Morgan fingerprint density at radius 2 is 2.00 bits per heavy atom. The Morgan fingerprint density at radius 3 is 2.54 bits per heavy atom. The van der Waals surface area contributed by atoms with Crippen molar-refractivity contribution in [1.82, 2.24) is 0 Å². The van der Waals surface area contributed by atoms with E-state index in [9.17, 15) is 5.11 Å². The fourth-order valence-corrected chi connectivity index (χ4v) is 1.16. The number of aliphatic hydroxyl groups is 1. The lowest BCUT2D eigenvalue weighted by Gasteiger charge is -2.17. The third kappa shape index (κ3) is 6.99. The fraction of sp³-hybridized carbons (Fsp3) is 1.00. The first-order chi connectivity index (χ1) is 6.22. The van der Waals surface area contributed by atoms with Gasteiger partial charge in [0.15, 0.2) is 0 Å². The molecule has 80 valence electrons. The van der Waals surface area contributed by atoms with Crippen molar-refractivity contribution in [2.75, 3.05) is 26.9 Å². The summed E-state index contributed by atoms with van der Waals surface area (Å²) in [4.78, 5) is 0. The van der Waals surface area contributed by atoms with Crippen LogP contribution in [-0.2, 0) is 9.47 Å². The molecule has 0 bridgehead atoms. The molecule has 0 fully saturated rings. The quantitative estimate of drug-likeness (QED) is 0.589. The van der Waals surface area contributed by atoms with Crippen LogP contribution in [0, 0.1) is 5.92 Å². The molecule has 0 aliphatic rings. The van der Waals surface area contributed by atoms with E-state index in [-0.39, 0.29) is 6.10 Å². The number of aliphatic hydroxyl groups excluding tert-OH is 1. The molecule has 0 saturated carbocycles. The zero-order valence-corrected chi connectivity index (χ0v) is 8.95. The van der Waals surface area contributed by atoms with Gasteiger partial charge in [-0.2, -0.15) is 0 Å². The molecule has 0 spiro atoms. The molecule has 0 aliphatic carbocycles. The summed E-state index contributed by atoms with van der Waals surface area (Å²) in [7, 11) is 1.64. The molecule has 0 aliphatic heterocycles. The van der Waals surface area contributed by atoms with E-state index >= 15 is 0 Å². The van der Waals surface area contributed by atoms with Crippen molar-refractivity contribution in [1.29, 1.82) is 0 Å². The minimum Gasteiger partial charge on any atom is -0.390 e.